The first-order valence-electron chi connectivity index (χ1n) is 12.2. The smallest absolute Gasteiger partial charge is 0.332 e. The van der Waals surface area contributed by atoms with Gasteiger partial charge in [-0.1, -0.05) is 68.2 Å². The average Bonchev–Trinajstić information content (AvgIpc) is 3.36. The molecule has 2 aromatic carbocycles. The Balaban J connectivity index is 1.42. The predicted molar refractivity (Wildman–Crippen MR) is 129 cm³/mol. The molecule has 176 valence electrons. The highest BCUT2D eigenvalue weighted by atomic mass is 16.5. The molecule has 0 radical (unpaired) electrons. The van der Waals surface area contributed by atoms with Crippen LogP contribution in [-0.4, -0.2) is 33.0 Å². The molecule has 2 atom stereocenters. The number of hydrogen-bond acceptors (Lipinski definition) is 5. The topological polar surface area (TPSA) is 79.5 Å². The fourth-order valence-electron chi connectivity index (χ4n) is 5.08. The van der Waals surface area contributed by atoms with Crippen LogP contribution in [0, 0.1) is 5.92 Å². The highest BCUT2D eigenvalue weighted by Gasteiger charge is 2.48. The summed E-state index contributed by atoms with van der Waals surface area (Å²) in [6, 6.07) is 15.3. The van der Waals surface area contributed by atoms with E-state index in [1.807, 2.05) is 36.4 Å². The number of fused-ring (bicyclic) bond motifs is 1. The summed E-state index contributed by atoms with van der Waals surface area (Å²) in [4.78, 5) is 34.7. The quantitative estimate of drug-likeness (QED) is 0.495. The van der Waals surface area contributed by atoms with Crippen molar-refractivity contribution in [1.29, 1.82) is 0 Å². The number of nitrogens with zero attached hydrogens (tertiary/aromatic N) is 4. The maximum Gasteiger partial charge on any atom is 0.332 e. The summed E-state index contributed by atoms with van der Waals surface area (Å²) in [6.07, 6.45) is 5.46. The Bertz CT molecular complexity index is 1170. The van der Waals surface area contributed by atoms with Crippen molar-refractivity contribution in [3.63, 3.8) is 0 Å². The first-order chi connectivity index (χ1) is 16.6. The molecule has 7 heteroatoms. The minimum absolute atomic E-state index is 0.0996. The molecular weight excluding hydrogens is 428 g/mol. The molecule has 1 aliphatic heterocycles. The second-order valence-corrected chi connectivity index (χ2v) is 9.12. The number of hydrogen-bond donors (Lipinski definition) is 0. The van der Waals surface area contributed by atoms with E-state index in [2.05, 4.69) is 36.1 Å². The Morgan fingerprint density at radius 3 is 2.24 bits per heavy atom. The lowest BCUT2D eigenvalue weighted by Crippen LogP contribution is -2.62. The molecule has 3 amide bonds. The van der Waals surface area contributed by atoms with Gasteiger partial charge < -0.3 is 9.42 Å². The Hall–Kier alpha value is -3.48. The minimum atomic E-state index is -0.315. The summed E-state index contributed by atoms with van der Waals surface area (Å²) < 4.78 is 5.55. The van der Waals surface area contributed by atoms with Gasteiger partial charge in [-0.15, -0.1) is 0 Å². The van der Waals surface area contributed by atoms with E-state index in [9.17, 15) is 9.59 Å². The van der Waals surface area contributed by atoms with Crippen molar-refractivity contribution in [3.05, 3.63) is 65.5 Å². The van der Waals surface area contributed by atoms with Gasteiger partial charge in [-0.3, -0.25) is 4.79 Å². The normalized spacial score (nSPS) is 20.5. The fourth-order valence-corrected chi connectivity index (χ4v) is 5.08. The highest BCUT2D eigenvalue weighted by Crippen LogP contribution is 2.37. The second-order valence-electron chi connectivity index (χ2n) is 9.12. The summed E-state index contributed by atoms with van der Waals surface area (Å²) in [7, 11) is 0. The van der Waals surface area contributed by atoms with E-state index in [4.69, 9.17) is 4.52 Å². The first-order valence-corrected chi connectivity index (χ1v) is 12.2. The molecule has 1 aromatic heterocycles. The van der Waals surface area contributed by atoms with E-state index >= 15 is 0 Å². The number of carbonyl (C=O) groups excluding carboxylic acids is 2. The molecule has 0 spiro atoms. The Labute approximate surface area is 199 Å². The third-order valence-corrected chi connectivity index (χ3v) is 7.10. The van der Waals surface area contributed by atoms with Crippen LogP contribution in [0.3, 0.4) is 0 Å². The van der Waals surface area contributed by atoms with Crippen molar-refractivity contribution >= 4 is 17.6 Å². The van der Waals surface area contributed by atoms with Gasteiger partial charge in [-0.25, -0.2) is 9.69 Å². The van der Waals surface area contributed by atoms with E-state index in [1.165, 1.54) is 16.0 Å². The van der Waals surface area contributed by atoms with Crippen LogP contribution in [0.2, 0.25) is 0 Å². The van der Waals surface area contributed by atoms with Crippen molar-refractivity contribution in [2.75, 3.05) is 4.90 Å². The number of urea groups is 1. The van der Waals surface area contributed by atoms with Gasteiger partial charge in [0.1, 0.15) is 6.54 Å². The third-order valence-electron chi connectivity index (χ3n) is 7.10. The molecule has 2 aliphatic rings. The van der Waals surface area contributed by atoms with Gasteiger partial charge in [0.25, 0.3) is 0 Å². The lowest BCUT2D eigenvalue weighted by molar-refractivity contribution is -0.127. The van der Waals surface area contributed by atoms with Gasteiger partial charge in [0.2, 0.25) is 17.6 Å². The van der Waals surface area contributed by atoms with Crippen molar-refractivity contribution < 1.29 is 14.1 Å². The third kappa shape index (κ3) is 4.11. The molecule has 0 N–H and O–H groups in total. The fraction of sp³-hybridized carbons (Fsp3) is 0.407. The van der Waals surface area contributed by atoms with E-state index in [-0.39, 0.29) is 30.4 Å². The number of carbonyl (C=O) groups is 2. The SMILES string of the molecule is CCc1ccc(-c2noc(CN3C(=O)N(c4ccc(CC)cc4)C(=O)C4CCCCC43)n2)cc1. The van der Waals surface area contributed by atoms with Crippen molar-refractivity contribution in [1.82, 2.24) is 15.0 Å². The van der Waals surface area contributed by atoms with Crippen molar-refractivity contribution in [3.8, 4) is 11.4 Å². The number of aromatic nitrogens is 2. The van der Waals surface area contributed by atoms with E-state index < -0.39 is 0 Å². The van der Waals surface area contributed by atoms with Gasteiger partial charge in [0.05, 0.1) is 11.6 Å². The zero-order valence-electron chi connectivity index (χ0n) is 19.7. The zero-order valence-corrected chi connectivity index (χ0v) is 19.7. The van der Waals surface area contributed by atoms with Crippen molar-refractivity contribution in [2.45, 2.75) is 65.0 Å². The van der Waals surface area contributed by atoms with E-state index in [1.54, 1.807) is 4.90 Å². The Kier molecular flexibility index (Phi) is 6.18. The van der Waals surface area contributed by atoms with E-state index in [0.717, 1.165) is 44.1 Å². The van der Waals surface area contributed by atoms with Crippen molar-refractivity contribution in [2.24, 2.45) is 5.92 Å². The van der Waals surface area contributed by atoms with Gasteiger partial charge >= 0.3 is 6.03 Å². The van der Waals surface area contributed by atoms with Gasteiger partial charge in [0, 0.05) is 11.6 Å². The number of imide groups is 1. The van der Waals surface area contributed by atoms with E-state index in [0.29, 0.717) is 17.4 Å². The summed E-state index contributed by atoms with van der Waals surface area (Å²) in [6.45, 7) is 4.38. The summed E-state index contributed by atoms with van der Waals surface area (Å²) in [5.41, 5.74) is 3.90. The monoisotopic (exact) mass is 458 g/mol. The minimum Gasteiger partial charge on any atom is -0.337 e. The summed E-state index contributed by atoms with van der Waals surface area (Å²) >= 11 is 0. The number of rotatable bonds is 6. The van der Waals surface area contributed by atoms with Crippen LogP contribution < -0.4 is 4.90 Å². The molecule has 2 fully saturated rings. The molecule has 1 aliphatic carbocycles. The molecule has 5 rings (SSSR count). The highest BCUT2D eigenvalue weighted by molar-refractivity contribution is 6.17. The predicted octanol–water partition coefficient (Wildman–Crippen LogP) is 5.39. The second kappa shape index (κ2) is 9.41. The van der Waals surface area contributed by atoms with Gasteiger partial charge in [-0.05, 0) is 48.9 Å². The van der Waals surface area contributed by atoms with Crippen LogP contribution in [0.25, 0.3) is 11.4 Å². The lowest BCUT2D eigenvalue weighted by atomic mass is 9.81. The molecule has 0 bridgehead atoms. The van der Waals surface area contributed by atoms with Gasteiger partial charge in [-0.2, -0.15) is 4.98 Å². The molecule has 2 heterocycles. The Morgan fingerprint density at radius 2 is 1.56 bits per heavy atom. The van der Waals surface area contributed by atoms with Crippen LogP contribution in [0.4, 0.5) is 10.5 Å². The van der Waals surface area contributed by atoms with Crippen LogP contribution in [0.1, 0.15) is 56.5 Å². The molecule has 34 heavy (non-hydrogen) atoms. The molecule has 1 saturated heterocycles. The number of anilines is 1. The molecule has 3 aromatic rings. The lowest BCUT2D eigenvalue weighted by Gasteiger charge is -2.46. The summed E-state index contributed by atoms with van der Waals surface area (Å²) in [5.74, 6) is 0.576. The molecule has 2 unspecified atom stereocenters. The largest absolute Gasteiger partial charge is 0.337 e. The molecular formula is C27H30N4O3. The first kappa shape index (κ1) is 22.3. The van der Waals surface area contributed by atoms with Crippen LogP contribution >= 0.6 is 0 Å². The Morgan fingerprint density at radius 1 is 0.912 bits per heavy atom. The van der Waals surface area contributed by atoms with Gasteiger partial charge in [0.15, 0.2) is 0 Å². The van der Waals surface area contributed by atoms with Crippen LogP contribution in [0.15, 0.2) is 53.1 Å². The average molecular weight is 459 g/mol. The standard InChI is InChI=1S/C27H30N4O3/c1-3-18-9-13-20(14-10-18)25-28-24(34-29-25)17-30-23-8-6-5-7-22(23)26(32)31(27(30)33)21-15-11-19(4-2)12-16-21/h9-16,22-23H,3-8,17H2,1-2H3. The van der Waals surface area contributed by atoms with Crippen LogP contribution in [-0.2, 0) is 24.2 Å². The number of amides is 3. The number of aryl methyl sites for hydroxylation is 2. The van der Waals surface area contributed by atoms with Crippen LogP contribution in [0.5, 0.6) is 0 Å². The molecule has 1 saturated carbocycles. The maximum absolute atomic E-state index is 13.6. The number of benzene rings is 2. The zero-order chi connectivity index (χ0) is 23.7. The maximum atomic E-state index is 13.6. The summed E-state index contributed by atoms with van der Waals surface area (Å²) in [5, 5.41) is 4.14. The molecule has 7 nitrogen and oxygen atoms in total.